The first-order valence-corrected chi connectivity index (χ1v) is 9.47. The zero-order valence-corrected chi connectivity index (χ0v) is 18.3. The Bertz CT molecular complexity index is 581. The normalized spacial score (nSPS) is 16.2. The van der Waals surface area contributed by atoms with Gasteiger partial charge in [0.1, 0.15) is 4.32 Å². The fourth-order valence-electron chi connectivity index (χ4n) is 1.40. The molecule has 0 radical (unpaired) electrons. The maximum atomic E-state index is 9.43. The Hall–Kier alpha value is -1.99. The van der Waals surface area contributed by atoms with Crippen LogP contribution in [0.4, 0.5) is 0 Å². The molecular weight excluding hydrogens is 408 g/mol. The average molecular weight is 435 g/mol. The van der Waals surface area contributed by atoms with Crippen LogP contribution in [0.25, 0.3) is 0 Å². The summed E-state index contributed by atoms with van der Waals surface area (Å²) in [4.78, 5) is 34.8. The zero-order chi connectivity index (χ0) is 20.8. The monoisotopic (exact) mass is 434 g/mol. The predicted molar refractivity (Wildman–Crippen MR) is 117 cm³/mol. The summed E-state index contributed by atoms with van der Waals surface area (Å²) in [5.41, 5.74) is 5.23. The van der Waals surface area contributed by atoms with Gasteiger partial charge in [0.2, 0.25) is 18.8 Å². The molecule has 13 heteroatoms. The quantitative estimate of drug-likeness (QED) is 0.239. The van der Waals surface area contributed by atoms with Gasteiger partial charge in [0.05, 0.1) is 19.6 Å². The second-order valence-corrected chi connectivity index (χ2v) is 7.75. The van der Waals surface area contributed by atoms with Gasteiger partial charge < -0.3 is 22.4 Å². The molecule has 27 heavy (non-hydrogen) atoms. The number of hydrogen-bond acceptors (Lipinski definition) is 9. The molecule has 152 valence electrons. The molecule has 3 aliphatic heterocycles. The van der Waals surface area contributed by atoms with Crippen molar-refractivity contribution in [2.24, 2.45) is 15.7 Å². The van der Waals surface area contributed by atoms with Crippen molar-refractivity contribution in [2.75, 3.05) is 54.4 Å². The summed E-state index contributed by atoms with van der Waals surface area (Å²) < 4.78 is 1.35. The van der Waals surface area contributed by atoms with E-state index in [0.717, 1.165) is 43.3 Å². The molecule has 0 bridgehead atoms. The molecule has 3 aliphatic rings. The number of nitrogens with zero attached hydrogens (tertiary/aromatic N) is 5. The highest BCUT2D eigenvalue weighted by atomic mass is 32.2. The van der Waals surface area contributed by atoms with E-state index in [-0.39, 0.29) is 0 Å². The Kier molecular flexibility index (Phi) is 13.1. The predicted octanol–water partition coefficient (Wildman–Crippen LogP) is -3.01. The summed E-state index contributed by atoms with van der Waals surface area (Å²) in [7, 11) is 6.75. The van der Waals surface area contributed by atoms with E-state index in [0.29, 0.717) is 16.3 Å². The minimum Gasteiger partial charge on any atom is -0.753 e. The number of amides is 2. The van der Waals surface area contributed by atoms with Crippen molar-refractivity contribution in [2.45, 2.75) is 0 Å². The van der Waals surface area contributed by atoms with Crippen molar-refractivity contribution in [1.82, 2.24) is 20.0 Å². The average Bonchev–Trinajstić information content (AvgIpc) is 3.27. The molecule has 2 amide bonds. The fraction of sp³-hybridized carbons (Fsp3) is 0.571. The lowest BCUT2D eigenvalue weighted by molar-refractivity contribution is -0.445. The summed E-state index contributed by atoms with van der Waals surface area (Å²) >= 11 is 11.3. The number of rotatable bonds is 2. The smallest absolute Gasteiger partial charge is 0.341 e. The van der Waals surface area contributed by atoms with Crippen LogP contribution in [0.1, 0.15) is 0 Å². The number of nitrogens with one attached hydrogen (secondary N) is 2. The number of nitrogens with two attached hydrogens (primary N) is 1. The number of carbonyl (C=O) groups is 2. The van der Waals surface area contributed by atoms with Crippen molar-refractivity contribution < 1.29 is 14.6 Å². The Morgan fingerprint density at radius 3 is 2.22 bits per heavy atom. The number of thioether (sulfide) groups is 1. The standard InChI is InChI=1S/C5H5N3S3.C3H7N3.2C3H7NO/c9-4-7-3-6-1-2-8(3)5(10)11-4;4-3-5-1-2-6-3;2*1-4(2)3-5/h1-2H2,(H,6,7,9);1-2H2,(H3,4,5,6);2*3H,1-2H3. The Balaban J connectivity index is 0.000000364. The third-order valence-electron chi connectivity index (χ3n) is 2.58. The first kappa shape index (κ1) is 25.0. The van der Waals surface area contributed by atoms with Crippen LogP contribution in [0.5, 0.6) is 0 Å². The second kappa shape index (κ2) is 14.1. The minimum atomic E-state index is 0.576. The van der Waals surface area contributed by atoms with E-state index in [9.17, 15) is 9.59 Å². The van der Waals surface area contributed by atoms with E-state index >= 15 is 0 Å². The van der Waals surface area contributed by atoms with E-state index < -0.39 is 0 Å². The lowest BCUT2D eigenvalue weighted by Gasteiger charge is -2.25. The van der Waals surface area contributed by atoms with E-state index in [1.807, 2.05) is 4.90 Å². The molecule has 0 saturated heterocycles. The number of aliphatic imine (C=N–C) groups is 2. The molecule has 10 nitrogen and oxygen atoms in total. The van der Waals surface area contributed by atoms with Crippen LogP contribution in [-0.4, -0.2) is 103 Å². The van der Waals surface area contributed by atoms with Crippen LogP contribution in [0.2, 0.25) is 0 Å². The van der Waals surface area contributed by atoms with Crippen molar-refractivity contribution in [3.8, 4) is 0 Å². The maximum absolute atomic E-state index is 9.43. The highest BCUT2D eigenvalue weighted by Crippen LogP contribution is 2.20. The lowest BCUT2D eigenvalue weighted by Crippen LogP contribution is -2.73. The number of hydrogen-bond donors (Lipinski definition) is 3. The SMILES string of the molecule is CN(C)C=O.CN(C)C=O.NC1=[NH+]CCN1.S=C1SC([S-])=NC2=NCCN12. The third kappa shape index (κ3) is 12.1. The summed E-state index contributed by atoms with van der Waals surface area (Å²) in [6, 6.07) is 0. The van der Waals surface area contributed by atoms with Gasteiger partial charge >= 0.3 is 5.96 Å². The first-order valence-electron chi connectivity index (χ1n) is 7.84. The highest BCUT2D eigenvalue weighted by molar-refractivity contribution is 8.40. The summed E-state index contributed by atoms with van der Waals surface area (Å²) in [6.07, 6.45) is 1.50. The van der Waals surface area contributed by atoms with Gasteiger partial charge in [-0.15, -0.1) is 0 Å². The van der Waals surface area contributed by atoms with Gasteiger partial charge in [0.15, 0.2) is 0 Å². The molecule has 0 atom stereocenters. The molecule has 0 saturated carbocycles. The third-order valence-corrected chi connectivity index (χ3v) is 4.05. The van der Waals surface area contributed by atoms with Crippen LogP contribution in [0.3, 0.4) is 0 Å². The number of thiocarbonyl (C=S) groups is 1. The van der Waals surface area contributed by atoms with E-state index in [1.54, 1.807) is 28.2 Å². The van der Waals surface area contributed by atoms with Gasteiger partial charge in [-0.25, -0.2) is 9.98 Å². The van der Waals surface area contributed by atoms with Crippen molar-refractivity contribution in [3.63, 3.8) is 0 Å². The number of carbonyl (C=O) groups excluding carboxylic acids is 2. The summed E-state index contributed by atoms with van der Waals surface area (Å²) in [5, 5.41) is 2.90. The van der Waals surface area contributed by atoms with Gasteiger partial charge in [-0.05, 0) is 4.38 Å². The fourth-order valence-corrected chi connectivity index (χ4v) is 2.84. The molecule has 0 aromatic rings. The molecular formula is C14H26N8O2S3. The van der Waals surface area contributed by atoms with Crippen molar-refractivity contribution >= 4 is 70.0 Å². The molecule has 0 aliphatic carbocycles. The van der Waals surface area contributed by atoms with E-state index in [4.69, 9.17) is 30.6 Å². The summed E-state index contributed by atoms with van der Waals surface area (Å²) in [5.74, 6) is 1.40. The van der Waals surface area contributed by atoms with Crippen LogP contribution >= 0.6 is 24.0 Å². The van der Waals surface area contributed by atoms with Crippen LogP contribution < -0.4 is 16.0 Å². The molecule has 3 heterocycles. The highest BCUT2D eigenvalue weighted by Gasteiger charge is 2.23. The Labute approximate surface area is 174 Å². The number of fused-ring (bicyclic) bond motifs is 1. The molecule has 0 aromatic heterocycles. The molecule has 0 spiro atoms. The van der Waals surface area contributed by atoms with Gasteiger partial charge in [-0.2, -0.15) is 0 Å². The van der Waals surface area contributed by atoms with Crippen LogP contribution in [0, 0.1) is 0 Å². The zero-order valence-electron chi connectivity index (χ0n) is 15.8. The molecule has 0 unspecified atom stereocenters. The van der Waals surface area contributed by atoms with Gasteiger partial charge in [-0.1, -0.05) is 24.0 Å². The Morgan fingerprint density at radius 2 is 1.85 bits per heavy atom. The minimum absolute atomic E-state index is 0.576. The summed E-state index contributed by atoms with van der Waals surface area (Å²) in [6.45, 7) is 3.56. The number of guanidine groups is 2. The van der Waals surface area contributed by atoms with Crippen LogP contribution in [0.15, 0.2) is 9.98 Å². The molecule has 0 fully saturated rings. The van der Waals surface area contributed by atoms with Gasteiger partial charge in [0.25, 0.3) is 0 Å². The lowest BCUT2D eigenvalue weighted by atomic mass is 10.6. The Morgan fingerprint density at radius 1 is 1.30 bits per heavy atom. The van der Waals surface area contributed by atoms with E-state index in [1.165, 1.54) is 21.6 Å². The van der Waals surface area contributed by atoms with Crippen LogP contribution in [-0.2, 0) is 22.2 Å². The topological polar surface area (TPSA) is 121 Å². The van der Waals surface area contributed by atoms with Crippen molar-refractivity contribution in [1.29, 1.82) is 0 Å². The largest absolute Gasteiger partial charge is 0.753 e. The van der Waals surface area contributed by atoms with Gasteiger partial charge in [0, 0.05) is 34.7 Å². The first-order chi connectivity index (χ1) is 12.7. The maximum Gasteiger partial charge on any atom is 0.341 e. The second-order valence-electron chi connectivity index (χ2n) is 5.48. The van der Waals surface area contributed by atoms with Crippen molar-refractivity contribution in [3.05, 3.63) is 0 Å². The molecule has 0 aromatic carbocycles. The van der Waals surface area contributed by atoms with Gasteiger partial charge in [-0.3, -0.25) is 30.5 Å². The van der Waals surface area contributed by atoms with E-state index in [2.05, 4.69) is 20.3 Å². The molecule has 3 rings (SSSR count). The molecule has 4 N–H and O–H groups in total.